The number of nitrogens with one attached hydrogen (secondary N) is 3. The Kier molecular flexibility index (Phi) is 4.27. The lowest BCUT2D eigenvalue weighted by Gasteiger charge is -2.23. The SMILES string of the molecule is O=[C]C(Cc1c[nH]cn1)NC(=O)C1CCCC(=O)N1. The molecule has 7 nitrogen and oxygen atoms in total. The van der Waals surface area contributed by atoms with Crippen molar-refractivity contribution in [1.29, 1.82) is 0 Å². The monoisotopic (exact) mass is 263 g/mol. The van der Waals surface area contributed by atoms with E-state index in [-0.39, 0.29) is 18.2 Å². The van der Waals surface area contributed by atoms with Gasteiger partial charge in [-0.25, -0.2) is 4.98 Å². The Bertz CT molecular complexity index is 458. The van der Waals surface area contributed by atoms with Gasteiger partial charge in [0, 0.05) is 19.0 Å². The molecule has 3 N–H and O–H groups in total. The molecule has 0 aromatic carbocycles. The number of hydrogen-bond donors (Lipinski definition) is 3. The van der Waals surface area contributed by atoms with Gasteiger partial charge < -0.3 is 15.6 Å². The lowest BCUT2D eigenvalue weighted by atomic mass is 10.0. The summed E-state index contributed by atoms with van der Waals surface area (Å²) in [5.74, 6) is -0.484. The van der Waals surface area contributed by atoms with E-state index in [4.69, 9.17) is 0 Å². The van der Waals surface area contributed by atoms with E-state index in [0.29, 0.717) is 25.0 Å². The highest BCUT2D eigenvalue weighted by molar-refractivity contribution is 5.90. The molecule has 2 unspecified atom stereocenters. The zero-order valence-electron chi connectivity index (χ0n) is 10.3. The van der Waals surface area contributed by atoms with Crippen LogP contribution in [-0.2, 0) is 20.8 Å². The molecule has 1 fully saturated rings. The van der Waals surface area contributed by atoms with Crippen molar-refractivity contribution >= 4 is 18.1 Å². The van der Waals surface area contributed by atoms with E-state index in [1.54, 1.807) is 12.5 Å². The number of carbonyl (C=O) groups is 2. The van der Waals surface area contributed by atoms with Crippen molar-refractivity contribution in [3.8, 4) is 0 Å². The number of imidazole rings is 1. The van der Waals surface area contributed by atoms with E-state index in [9.17, 15) is 14.4 Å². The second-order valence-electron chi connectivity index (χ2n) is 4.46. The van der Waals surface area contributed by atoms with Crippen LogP contribution in [0.25, 0.3) is 0 Å². The Balaban J connectivity index is 1.88. The minimum absolute atomic E-state index is 0.134. The maximum atomic E-state index is 11.9. The second-order valence-corrected chi connectivity index (χ2v) is 4.46. The van der Waals surface area contributed by atoms with Crippen LogP contribution >= 0.6 is 0 Å². The number of aromatic amines is 1. The van der Waals surface area contributed by atoms with Gasteiger partial charge in [0.1, 0.15) is 12.1 Å². The van der Waals surface area contributed by atoms with E-state index < -0.39 is 12.1 Å². The molecule has 1 radical (unpaired) electrons. The minimum atomic E-state index is -0.755. The van der Waals surface area contributed by atoms with Crippen LogP contribution in [0.3, 0.4) is 0 Å². The van der Waals surface area contributed by atoms with Gasteiger partial charge >= 0.3 is 0 Å². The van der Waals surface area contributed by atoms with Crippen molar-refractivity contribution < 1.29 is 14.4 Å². The average Bonchev–Trinajstić information content (AvgIpc) is 2.90. The van der Waals surface area contributed by atoms with Crippen molar-refractivity contribution in [1.82, 2.24) is 20.6 Å². The van der Waals surface area contributed by atoms with Crippen molar-refractivity contribution in [2.24, 2.45) is 0 Å². The fourth-order valence-corrected chi connectivity index (χ4v) is 2.01. The number of rotatable bonds is 5. The summed E-state index contributed by atoms with van der Waals surface area (Å²) in [5.41, 5.74) is 0.668. The molecule has 1 aromatic heterocycles. The smallest absolute Gasteiger partial charge is 0.243 e. The lowest BCUT2D eigenvalue weighted by Crippen LogP contribution is -2.52. The Morgan fingerprint density at radius 3 is 3.11 bits per heavy atom. The molecule has 1 aromatic rings. The minimum Gasteiger partial charge on any atom is -0.351 e. The van der Waals surface area contributed by atoms with Crippen molar-refractivity contribution in [2.75, 3.05) is 0 Å². The quantitative estimate of drug-likeness (QED) is 0.648. The molecular formula is C12H15N4O3. The molecule has 19 heavy (non-hydrogen) atoms. The number of carbonyl (C=O) groups excluding carboxylic acids is 3. The number of aromatic nitrogens is 2. The molecule has 0 aliphatic carbocycles. The van der Waals surface area contributed by atoms with Gasteiger partial charge in [0.25, 0.3) is 0 Å². The summed E-state index contributed by atoms with van der Waals surface area (Å²) in [7, 11) is 0. The van der Waals surface area contributed by atoms with Crippen LogP contribution in [-0.4, -0.2) is 40.2 Å². The average molecular weight is 263 g/mol. The summed E-state index contributed by atoms with van der Waals surface area (Å²) < 4.78 is 0. The van der Waals surface area contributed by atoms with Gasteiger partial charge in [-0.1, -0.05) is 0 Å². The second kappa shape index (κ2) is 6.12. The zero-order chi connectivity index (χ0) is 13.7. The summed E-state index contributed by atoms with van der Waals surface area (Å²) in [5, 5.41) is 5.17. The van der Waals surface area contributed by atoms with Gasteiger partial charge in [-0.05, 0) is 12.8 Å². The molecule has 2 rings (SSSR count). The Labute approximate surface area is 110 Å². The summed E-state index contributed by atoms with van der Waals surface area (Å²) in [6.45, 7) is 0. The van der Waals surface area contributed by atoms with E-state index in [2.05, 4.69) is 20.6 Å². The molecular weight excluding hydrogens is 248 g/mol. The van der Waals surface area contributed by atoms with Crippen molar-refractivity contribution in [3.05, 3.63) is 18.2 Å². The highest BCUT2D eigenvalue weighted by Crippen LogP contribution is 2.08. The van der Waals surface area contributed by atoms with Crippen LogP contribution < -0.4 is 10.6 Å². The fraction of sp³-hybridized carbons (Fsp3) is 0.500. The summed E-state index contributed by atoms with van der Waals surface area (Å²) in [6.07, 6.45) is 6.92. The van der Waals surface area contributed by atoms with Gasteiger partial charge in [0.15, 0.2) is 0 Å². The number of hydrogen-bond acceptors (Lipinski definition) is 4. The largest absolute Gasteiger partial charge is 0.351 e. The molecule has 1 aliphatic rings. The van der Waals surface area contributed by atoms with Crippen LogP contribution in [0.15, 0.2) is 12.5 Å². The number of piperidine rings is 1. The maximum absolute atomic E-state index is 11.9. The van der Waals surface area contributed by atoms with E-state index >= 15 is 0 Å². The van der Waals surface area contributed by atoms with Crippen LogP contribution in [0.4, 0.5) is 0 Å². The maximum Gasteiger partial charge on any atom is 0.243 e. The third-order valence-electron chi connectivity index (χ3n) is 2.98. The molecule has 7 heteroatoms. The van der Waals surface area contributed by atoms with E-state index in [0.717, 1.165) is 0 Å². The standard InChI is InChI=1S/C12H15N4O3/c17-6-9(4-8-5-13-7-14-8)15-12(19)10-2-1-3-11(18)16-10/h5,7,9-10H,1-4H2,(H,13,14)(H,15,19)(H,16,18). The molecule has 0 saturated carbocycles. The van der Waals surface area contributed by atoms with Gasteiger partial charge in [-0.3, -0.25) is 14.4 Å². The summed E-state index contributed by atoms with van der Waals surface area (Å²) in [6, 6.07) is -1.31. The van der Waals surface area contributed by atoms with Crippen molar-refractivity contribution in [3.63, 3.8) is 0 Å². The van der Waals surface area contributed by atoms with Gasteiger partial charge in [-0.15, -0.1) is 0 Å². The van der Waals surface area contributed by atoms with Gasteiger partial charge in [0.2, 0.25) is 18.1 Å². The van der Waals surface area contributed by atoms with Crippen LogP contribution in [0, 0.1) is 0 Å². The van der Waals surface area contributed by atoms with E-state index in [1.807, 2.05) is 0 Å². The first-order valence-electron chi connectivity index (χ1n) is 6.14. The molecule has 2 heterocycles. The molecule has 1 saturated heterocycles. The Hall–Kier alpha value is -2.18. The predicted molar refractivity (Wildman–Crippen MR) is 65.7 cm³/mol. The number of nitrogens with zero attached hydrogens (tertiary/aromatic N) is 1. The summed E-state index contributed by atoms with van der Waals surface area (Å²) in [4.78, 5) is 40.7. The number of amides is 2. The highest BCUT2D eigenvalue weighted by Gasteiger charge is 2.26. The third kappa shape index (κ3) is 3.64. The lowest BCUT2D eigenvalue weighted by molar-refractivity contribution is -0.131. The first-order chi connectivity index (χ1) is 9.19. The molecule has 2 amide bonds. The topological polar surface area (TPSA) is 104 Å². The molecule has 0 bridgehead atoms. The normalized spacial score (nSPS) is 20.4. The molecule has 2 atom stereocenters. The highest BCUT2D eigenvalue weighted by atomic mass is 16.2. The Morgan fingerprint density at radius 1 is 1.63 bits per heavy atom. The number of H-pyrrole nitrogens is 1. The first kappa shape index (κ1) is 13.3. The third-order valence-corrected chi connectivity index (χ3v) is 2.98. The molecule has 101 valence electrons. The van der Waals surface area contributed by atoms with Crippen LogP contribution in [0.1, 0.15) is 25.0 Å². The van der Waals surface area contributed by atoms with E-state index in [1.165, 1.54) is 6.33 Å². The van der Waals surface area contributed by atoms with Gasteiger partial charge in [-0.2, -0.15) is 0 Å². The van der Waals surface area contributed by atoms with Crippen LogP contribution in [0.2, 0.25) is 0 Å². The van der Waals surface area contributed by atoms with Gasteiger partial charge in [0.05, 0.1) is 12.0 Å². The Morgan fingerprint density at radius 2 is 2.47 bits per heavy atom. The fourth-order valence-electron chi connectivity index (χ4n) is 2.01. The molecule has 1 aliphatic heterocycles. The van der Waals surface area contributed by atoms with Crippen molar-refractivity contribution in [2.45, 2.75) is 37.8 Å². The predicted octanol–water partition coefficient (Wildman–Crippen LogP) is -0.785. The zero-order valence-corrected chi connectivity index (χ0v) is 10.3. The summed E-state index contributed by atoms with van der Waals surface area (Å²) >= 11 is 0. The first-order valence-corrected chi connectivity index (χ1v) is 6.14. The molecule has 0 spiro atoms. The van der Waals surface area contributed by atoms with Crippen LogP contribution in [0.5, 0.6) is 0 Å².